The summed E-state index contributed by atoms with van der Waals surface area (Å²) in [4.78, 5) is 22.9. The molecule has 0 atom stereocenters. The van der Waals surface area contributed by atoms with E-state index >= 15 is 0 Å². The lowest BCUT2D eigenvalue weighted by Crippen LogP contribution is -2.36. The molecule has 0 bridgehead atoms. The molecule has 1 N–H and O–H groups in total. The van der Waals surface area contributed by atoms with Crippen LogP contribution in [0.15, 0.2) is 0 Å². The van der Waals surface area contributed by atoms with Gasteiger partial charge in [0.05, 0.1) is 0 Å². The van der Waals surface area contributed by atoms with E-state index in [0.717, 1.165) is 6.42 Å². The Morgan fingerprint density at radius 2 is 1.78 bits per heavy atom. The topological polar surface area (TPSA) is 55.4 Å². The number of imide groups is 1. The standard InChI is InChI=1S/C14H25NO3/c1-14(2,3)18-13(17)15-12(16)10-9-11-7-5-4-6-8-11/h11H,4-10H2,1-3H3,(H,15,16,17). The zero-order chi connectivity index (χ0) is 13.6. The highest BCUT2D eigenvalue weighted by Gasteiger charge is 2.19. The van der Waals surface area contributed by atoms with Crippen LogP contribution in [0.25, 0.3) is 0 Å². The van der Waals surface area contributed by atoms with Crippen molar-refractivity contribution in [3.63, 3.8) is 0 Å². The van der Waals surface area contributed by atoms with Crippen LogP contribution in [0.4, 0.5) is 4.79 Å². The number of amides is 2. The van der Waals surface area contributed by atoms with E-state index in [4.69, 9.17) is 4.74 Å². The number of hydrogen-bond acceptors (Lipinski definition) is 3. The molecule has 0 spiro atoms. The molecule has 0 unspecified atom stereocenters. The van der Waals surface area contributed by atoms with Gasteiger partial charge in [-0.2, -0.15) is 0 Å². The van der Waals surface area contributed by atoms with Gasteiger partial charge in [-0.1, -0.05) is 32.1 Å². The Morgan fingerprint density at radius 1 is 1.17 bits per heavy atom. The maximum absolute atomic E-state index is 11.6. The summed E-state index contributed by atoms with van der Waals surface area (Å²) in [5.41, 5.74) is -0.562. The smallest absolute Gasteiger partial charge is 0.414 e. The Balaban J connectivity index is 2.18. The van der Waals surface area contributed by atoms with E-state index in [1.807, 2.05) is 0 Å². The number of carbonyl (C=O) groups excluding carboxylic acids is 2. The lowest BCUT2D eigenvalue weighted by molar-refractivity contribution is -0.121. The summed E-state index contributed by atoms with van der Waals surface area (Å²) < 4.78 is 5.03. The van der Waals surface area contributed by atoms with E-state index in [1.165, 1.54) is 32.1 Å². The summed E-state index contributed by atoms with van der Waals surface area (Å²) in [6.45, 7) is 5.33. The third kappa shape index (κ3) is 6.62. The number of rotatable bonds is 3. The average Bonchev–Trinajstić information content (AvgIpc) is 2.25. The first kappa shape index (κ1) is 15.0. The molecule has 1 aliphatic carbocycles. The molecule has 1 aliphatic rings. The van der Waals surface area contributed by atoms with Gasteiger partial charge in [0.15, 0.2) is 0 Å². The van der Waals surface area contributed by atoms with Crippen molar-refractivity contribution in [2.75, 3.05) is 0 Å². The molecule has 4 nitrogen and oxygen atoms in total. The van der Waals surface area contributed by atoms with Gasteiger partial charge in [0, 0.05) is 6.42 Å². The molecule has 18 heavy (non-hydrogen) atoms. The summed E-state index contributed by atoms with van der Waals surface area (Å²) in [6, 6.07) is 0. The van der Waals surface area contributed by atoms with Crippen molar-refractivity contribution in [3.8, 4) is 0 Å². The van der Waals surface area contributed by atoms with Crippen LogP contribution in [0.2, 0.25) is 0 Å². The minimum absolute atomic E-state index is 0.227. The zero-order valence-corrected chi connectivity index (χ0v) is 11.8. The fourth-order valence-corrected chi connectivity index (χ4v) is 2.29. The second-order valence-corrected chi connectivity index (χ2v) is 6.09. The lowest BCUT2D eigenvalue weighted by atomic mass is 9.86. The van der Waals surface area contributed by atoms with Crippen molar-refractivity contribution in [1.29, 1.82) is 0 Å². The van der Waals surface area contributed by atoms with Gasteiger partial charge in [-0.05, 0) is 33.1 Å². The van der Waals surface area contributed by atoms with Crippen LogP contribution in [0.5, 0.6) is 0 Å². The predicted molar refractivity (Wildman–Crippen MR) is 70.2 cm³/mol. The van der Waals surface area contributed by atoms with Crippen molar-refractivity contribution < 1.29 is 14.3 Å². The molecule has 104 valence electrons. The first-order valence-electron chi connectivity index (χ1n) is 6.89. The van der Waals surface area contributed by atoms with Gasteiger partial charge in [-0.15, -0.1) is 0 Å². The van der Waals surface area contributed by atoms with Crippen LogP contribution in [-0.2, 0) is 9.53 Å². The molecule has 0 aromatic carbocycles. The van der Waals surface area contributed by atoms with Crippen molar-refractivity contribution in [3.05, 3.63) is 0 Å². The third-order valence-corrected chi connectivity index (χ3v) is 3.14. The molecule has 0 aromatic heterocycles. The number of alkyl carbamates (subject to hydrolysis) is 1. The van der Waals surface area contributed by atoms with Crippen molar-refractivity contribution in [1.82, 2.24) is 5.32 Å². The Hall–Kier alpha value is -1.06. The highest BCUT2D eigenvalue weighted by atomic mass is 16.6. The molecule has 1 rings (SSSR count). The molecular weight excluding hydrogens is 230 g/mol. The molecule has 0 radical (unpaired) electrons. The van der Waals surface area contributed by atoms with E-state index in [-0.39, 0.29) is 5.91 Å². The van der Waals surface area contributed by atoms with Crippen molar-refractivity contribution in [2.45, 2.75) is 71.3 Å². The number of ether oxygens (including phenoxy) is 1. The maximum Gasteiger partial charge on any atom is 0.414 e. The molecule has 4 heteroatoms. The minimum atomic E-state index is -0.642. The molecule has 0 saturated heterocycles. The monoisotopic (exact) mass is 255 g/mol. The van der Waals surface area contributed by atoms with E-state index < -0.39 is 11.7 Å². The molecule has 0 aliphatic heterocycles. The Kier molecular flexibility index (Phi) is 5.63. The number of carbonyl (C=O) groups is 2. The van der Waals surface area contributed by atoms with Gasteiger partial charge in [0.1, 0.15) is 5.60 Å². The minimum Gasteiger partial charge on any atom is -0.444 e. The molecular formula is C14H25NO3. The van der Waals surface area contributed by atoms with E-state index in [0.29, 0.717) is 12.3 Å². The first-order chi connectivity index (χ1) is 8.37. The quantitative estimate of drug-likeness (QED) is 0.841. The van der Waals surface area contributed by atoms with Crippen LogP contribution >= 0.6 is 0 Å². The number of hydrogen-bond donors (Lipinski definition) is 1. The fraction of sp³-hybridized carbons (Fsp3) is 0.857. The van der Waals surface area contributed by atoms with Gasteiger partial charge in [0.25, 0.3) is 0 Å². The van der Waals surface area contributed by atoms with Crippen LogP contribution < -0.4 is 5.32 Å². The van der Waals surface area contributed by atoms with E-state index in [1.54, 1.807) is 20.8 Å². The van der Waals surface area contributed by atoms with Crippen molar-refractivity contribution >= 4 is 12.0 Å². The van der Waals surface area contributed by atoms with E-state index in [9.17, 15) is 9.59 Å². The van der Waals surface area contributed by atoms with Crippen LogP contribution in [-0.4, -0.2) is 17.6 Å². The summed E-state index contributed by atoms with van der Waals surface area (Å²) in [5, 5.41) is 2.28. The normalized spacial score (nSPS) is 17.3. The highest BCUT2D eigenvalue weighted by molar-refractivity contribution is 5.91. The molecule has 0 aromatic rings. The van der Waals surface area contributed by atoms with Crippen LogP contribution in [0, 0.1) is 5.92 Å². The summed E-state index contributed by atoms with van der Waals surface area (Å²) in [7, 11) is 0. The number of nitrogens with one attached hydrogen (secondary N) is 1. The highest BCUT2D eigenvalue weighted by Crippen LogP contribution is 2.27. The summed E-state index contributed by atoms with van der Waals surface area (Å²) >= 11 is 0. The Bertz CT molecular complexity index is 288. The second-order valence-electron chi connectivity index (χ2n) is 6.09. The van der Waals surface area contributed by atoms with Gasteiger partial charge >= 0.3 is 6.09 Å². The van der Waals surface area contributed by atoms with Gasteiger partial charge in [0.2, 0.25) is 5.91 Å². The van der Waals surface area contributed by atoms with Gasteiger partial charge < -0.3 is 4.74 Å². The maximum atomic E-state index is 11.6. The molecule has 2 amide bonds. The van der Waals surface area contributed by atoms with Gasteiger partial charge in [-0.25, -0.2) is 4.79 Å². The molecule has 1 fully saturated rings. The summed E-state index contributed by atoms with van der Waals surface area (Å²) in [6.07, 6.45) is 6.98. The van der Waals surface area contributed by atoms with E-state index in [2.05, 4.69) is 5.32 Å². The van der Waals surface area contributed by atoms with Crippen molar-refractivity contribution in [2.24, 2.45) is 5.92 Å². The predicted octanol–water partition coefficient (Wildman–Crippen LogP) is 3.40. The molecule has 0 heterocycles. The van der Waals surface area contributed by atoms with Crippen LogP contribution in [0.3, 0.4) is 0 Å². The Labute approximate surface area is 109 Å². The zero-order valence-electron chi connectivity index (χ0n) is 11.8. The third-order valence-electron chi connectivity index (χ3n) is 3.14. The summed E-state index contributed by atoms with van der Waals surface area (Å²) in [5.74, 6) is 0.429. The Morgan fingerprint density at radius 3 is 2.33 bits per heavy atom. The molecule has 1 saturated carbocycles. The largest absolute Gasteiger partial charge is 0.444 e. The first-order valence-corrected chi connectivity index (χ1v) is 6.89. The fourth-order valence-electron chi connectivity index (χ4n) is 2.29. The van der Waals surface area contributed by atoms with Crippen LogP contribution in [0.1, 0.15) is 65.7 Å². The second kappa shape index (κ2) is 6.76. The lowest BCUT2D eigenvalue weighted by Gasteiger charge is -2.21. The van der Waals surface area contributed by atoms with Gasteiger partial charge in [-0.3, -0.25) is 10.1 Å². The SMILES string of the molecule is CC(C)(C)OC(=O)NC(=O)CCC1CCCCC1. The average molecular weight is 255 g/mol.